The van der Waals surface area contributed by atoms with Gasteiger partial charge in [0.25, 0.3) is 0 Å². The maximum absolute atomic E-state index is 12.9. The van der Waals surface area contributed by atoms with Crippen LogP contribution in [0.4, 0.5) is 19.1 Å². The fraction of sp³-hybridized carbons (Fsp3) is 0.765. The normalized spacial score (nSPS) is 21.9. The van der Waals surface area contributed by atoms with Crippen molar-refractivity contribution >= 4 is 5.95 Å². The Hall–Kier alpha value is -1.49. The Kier molecular flexibility index (Phi) is 6.85. The van der Waals surface area contributed by atoms with Gasteiger partial charge in [0, 0.05) is 52.0 Å². The highest BCUT2D eigenvalue weighted by Crippen LogP contribution is 2.28. The summed E-state index contributed by atoms with van der Waals surface area (Å²) in [5, 5.41) is 10.4. The molecular formula is C17H26F3N5O2. The maximum atomic E-state index is 12.9. The van der Waals surface area contributed by atoms with E-state index in [1.54, 1.807) is 4.90 Å². The predicted octanol–water partition coefficient (Wildman–Crippen LogP) is 0.701. The zero-order valence-corrected chi connectivity index (χ0v) is 15.2. The average Bonchev–Trinajstić information content (AvgIpc) is 2.87. The minimum atomic E-state index is -4.47. The molecule has 0 aromatic carbocycles. The number of rotatable bonds is 5. The number of aliphatic hydroxyl groups is 1. The molecule has 10 heteroatoms. The Morgan fingerprint density at radius 3 is 2.44 bits per heavy atom. The first kappa shape index (κ1) is 20.2. The molecule has 7 nitrogen and oxygen atoms in total. The SMILES string of the molecule is OC(CN1CCOCC1)CN1CCCN(c2nccc(C(F)(F)F)n2)CC1. The lowest BCUT2D eigenvalue weighted by atomic mass is 10.2. The van der Waals surface area contributed by atoms with E-state index in [-0.39, 0.29) is 5.95 Å². The molecule has 1 aromatic heterocycles. The van der Waals surface area contributed by atoms with E-state index in [4.69, 9.17) is 4.74 Å². The highest BCUT2D eigenvalue weighted by atomic mass is 19.4. The van der Waals surface area contributed by atoms with E-state index in [0.29, 0.717) is 45.9 Å². The van der Waals surface area contributed by atoms with E-state index in [1.165, 1.54) is 0 Å². The molecule has 2 aliphatic heterocycles. The van der Waals surface area contributed by atoms with Gasteiger partial charge < -0.3 is 14.7 Å². The van der Waals surface area contributed by atoms with Gasteiger partial charge >= 0.3 is 6.18 Å². The van der Waals surface area contributed by atoms with E-state index in [2.05, 4.69) is 19.8 Å². The van der Waals surface area contributed by atoms with Gasteiger partial charge in [0.1, 0.15) is 5.69 Å². The summed E-state index contributed by atoms with van der Waals surface area (Å²) in [5.74, 6) is 0.112. The number of aromatic nitrogens is 2. The zero-order valence-electron chi connectivity index (χ0n) is 15.2. The van der Waals surface area contributed by atoms with Crippen molar-refractivity contribution in [2.24, 2.45) is 0 Å². The van der Waals surface area contributed by atoms with Gasteiger partial charge in [-0.05, 0) is 19.0 Å². The van der Waals surface area contributed by atoms with E-state index in [0.717, 1.165) is 38.3 Å². The molecule has 0 radical (unpaired) electrons. The van der Waals surface area contributed by atoms with E-state index < -0.39 is 18.0 Å². The zero-order chi connectivity index (χ0) is 19.3. The van der Waals surface area contributed by atoms with Crippen molar-refractivity contribution < 1.29 is 23.0 Å². The van der Waals surface area contributed by atoms with Crippen LogP contribution in [0, 0.1) is 0 Å². The molecule has 0 saturated carbocycles. The lowest BCUT2D eigenvalue weighted by Crippen LogP contribution is -2.45. The van der Waals surface area contributed by atoms with Crippen molar-refractivity contribution in [3.05, 3.63) is 18.0 Å². The lowest BCUT2D eigenvalue weighted by Gasteiger charge is -2.30. The molecule has 2 aliphatic rings. The van der Waals surface area contributed by atoms with Crippen LogP contribution in [0.15, 0.2) is 12.3 Å². The van der Waals surface area contributed by atoms with Crippen LogP contribution in [-0.2, 0) is 10.9 Å². The number of hydrogen-bond acceptors (Lipinski definition) is 7. The second kappa shape index (κ2) is 9.13. The monoisotopic (exact) mass is 389 g/mol. The molecule has 2 fully saturated rings. The summed E-state index contributed by atoms with van der Waals surface area (Å²) in [6.07, 6.45) is -3.00. The van der Waals surface area contributed by atoms with Crippen LogP contribution in [0.5, 0.6) is 0 Å². The van der Waals surface area contributed by atoms with Crippen LogP contribution in [0.25, 0.3) is 0 Å². The largest absolute Gasteiger partial charge is 0.433 e. The smallest absolute Gasteiger partial charge is 0.390 e. The van der Waals surface area contributed by atoms with Gasteiger partial charge in [-0.3, -0.25) is 9.80 Å². The van der Waals surface area contributed by atoms with Crippen molar-refractivity contribution in [2.75, 3.05) is 70.5 Å². The van der Waals surface area contributed by atoms with Crippen LogP contribution in [0.3, 0.4) is 0 Å². The Morgan fingerprint density at radius 2 is 1.74 bits per heavy atom. The van der Waals surface area contributed by atoms with Gasteiger partial charge in [0.2, 0.25) is 5.95 Å². The quantitative estimate of drug-likeness (QED) is 0.795. The summed E-state index contributed by atoms with van der Waals surface area (Å²) in [4.78, 5) is 13.8. The summed E-state index contributed by atoms with van der Waals surface area (Å²) in [5.41, 5.74) is -0.922. The molecule has 1 N–H and O–H groups in total. The Balaban J connectivity index is 1.51. The fourth-order valence-electron chi connectivity index (χ4n) is 3.45. The number of morpholine rings is 1. The third-order valence-corrected chi connectivity index (χ3v) is 4.85. The van der Waals surface area contributed by atoms with Crippen molar-refractivity contribution in [3.8, 4) is 0 Å². The molecule has 0 bridgehead atoms. The van der Waals surface area contributed by atoms with E-state index in [9.17, 15) is 18.3 Å². The van der Waals surface area contributed by atoms with Crippen LogP contribution in [0.2, 0.25) is 0 Å². The van der Waals surface area contributed by atoms with Gasteiger partial charge in [-0.1, -0.05) is 0 Å². The number of β-amino-alcohol motifs (C(OH)–C–C–N with tert-alkyl or cyclic N) is 1. The third-order valence-electron chi connectivity index (χ3n) is 4.85. The predicted molar refractivity (Wildman–Crippen MR) is 93.6 cm³/mol. The number of hydrogen-bond donors (Lipinski definition) is 1. The molecule has 0 spiro atoms. The number of aliphatic hydroxyl groups excluding tert-OH is 1. The van der Waals surface area contributed by atoms with Gasteiger partial charge in [-0.25, -0.2) is 9.97 Å². The summed E-state index contributed by atoms with van der Waals surface area (Å²) in [6, 6.07) is 0.885. The first-order valence-electron chi connectivity index (χ1n) is 9.27. The molecule has 2 saturated heterocycles. The third kappa shape index (κ3) is 6.00. The van der Waals surface area contributed by atoms with Crippen LogP contribution < -0.4 is 4.90 Å². The van der Waals surface area contributed by atoms with E-state index >= 15 is 0 Å². The summed E-state index contributed by atoms with van der Waals surface area (Å²) < 4.78 is 43.9. The Labute approximate surface area is 156 Å². The van der Waals surface area contributed by atoms with Gasteiger partial charge in [0.05, 0.1) is 19.3 Å². The molecule has 1 aromatic rings. The maximum Gasteiger partial charge on any atom is 0.433 e. The summed E-state index contributed by atoms with van der Waals surface area (Å²) in [7, 11) is 0. The van der Waals surface area contributed by atoms with Gasteiger partial charge in [-0.15, -0.1) is 0 Å². The first-order valence-corrected chi connectivity index (χ1v) is 9.27. The molecule has 0 aliphatic carbocycles. The standard InChI is InChI=1S/C17H26F3N5O2/c18-17(19,20)15-2-3-21-16(22-15)25-5-1-4-23(6-7-25)12-14(26)13-24-8-10-27-11-9-24/h2-3,14,26H,1,4-13H2. The molecule has 152 valence electrons. The molecule has 0 amide bonds. The average molecular weight is 389 g/mol. The number of ether oxygens (including phenoxy) is 1. The minimum absolute atomic E-state index is 0.112. The van der Waals surface area contributed by atoms with Crippen molar-refractivity contribution in [1.29, 1.82) is 0 Å². The van der Waals surface area contributed by atoms with Crippen molar-refractivity contribution in [2.45, 2.75) is 18.7 Å². The number of halogens is 3. The Morgan fingerprint density at radius 1 is 1.04 bits per heavy atom. The first-order chi connectivity index (χ1) is 12.9. The van der Waals surface area contributed by atoms with Crippen molar-refractivity contribution in [1.82, 2.24) is 19.8 Å². The van der Waals surface area contributed by atoms with Crippen LogP contribution >= 0.6 is 0 Å². The fourth-order valence-corrected chi connectivity index (χ4v) is 3.45. The molecule has 27 heavy (non-hydrogen) atoms. The molecule has 3 rings (SSSR count). The molecule has 1 atom stereocenters. The second-order valence-electron chi connectivity index (χ2n) is 6.95. The number of alkyl halides is 3. The summed E-state index contributed by atoms with van der Waals surface area (Å²) in [6.45, 7) is 6.79. The Bertz CT molecular complexity index is 598. The highest BCUT2D eigenvalue weighted by molar-refractivity contribution is 5.31. The van der Waals surface area contributed by atoms with Gasteiger partial charge in [0.15, 0.2) is 0 Å². The topological polar surface area (TPSA) is 65.0 Å². The van der Waals surface area contributed by atoms with Crippen molar-refractivity contribution in [3.63, 3.8) is 0 Å². The molecule has 3 heterocycles. The molecule has 1 unspecified atom stereocenters. The highest BCUT2D eigenvalue weighted by Gasteiger charge is 2.33. The van der Waals surface area contributed by atoms with Crippen LogP contribution in [0.1, 0.15) is 12.1 Å². The second-order valence-corrected chi connectivity index (χ2v) is 6.95. The van der Waals surface area contributed by atoms with E-state index in [1.807, 2.05) is 0 Å². The number of nitrogens with zero attached hydrogens (tertiary/aromatic N) is 5. The molecular weight excluding hydrogens is 363 g/mol. The summed E-state index contributed by atoms with van der Waals surface area (Å²) >= 11 is 0. The minimum Gasteiger partial charge on any atom is -0.390 e. The lowest BCUT2D eigenvalue weighted by molar-refractivity contribution is -0.141. The van der Waals surface area contributed by atoms with Gasteiger partial charge in [-0.2, -0.15) is 13.2 Å². The number of anilines is 1. The van der Waals surface area contributed by atoms with Crippen LogP contribution in [-0.4, -0.2) is 96.6 Å².